The van der Waals surface area contributed by atoms with Crippen molar-refractivity contribution in [3.05, 3.63) is 59.7 Å². The molecule has 6 heteroatoms. The minimum absolute atomic E-state index is 0.00686. The van der Waals surface area contributed by atoms with Crippen LogP contribution in [-0.4, -0.2) is 35.0 Å². The highest BCUT2D eigenvalue weighted by molar-refractivity contribution is 6.01. The monoisotopic (exact) mass is 340 g/mol. The Kier molecular flexibility index (Phi) is 4.88. The molecule has 2 aromatic rings. The lowest BCUT2D eigenvalue weighted by Crippen LogP contribution is -2.43. The van der Waals surface area contributed by atoms with Crippen molar-refractivity contribution in [1.82, 2.24) is 4.90 Å². The first-order valence-corrected chi connectivity index (χ1v) is 8.21. The van der Waals surface area contributed by atoms with E-state index in [0.717, 1.165) is 17.7 Å². The number of fused-ring (bicyclic) bond motifs is 1. The van der Waals surface area contributed by atoms with Crippen LogP contribution in [0.15, 0.2) is 48.5 Å². The van der Waals surface area contributed by atoms with Crippen molar-refractivity contribution < 1.29 is 19.4 Å². The average molecular weight is 340 g/mol. The number of nitrogens with zero attached hydrogens (tertiary/aromatic N) is 1. The fourth-order valence-electron chi connectivity index (χ4n) is 2.92. The molecule has 0 aliphatic carbocycles. The van der Waals surface area contributed by atoms with Gasteiger partial charge in [0.15, 0.2) is 6.61 Å². The molecule has 130 valence electrons. The summed E-state index contributed by atoms with van der Waals surface area (Å²) in [6.07, 6.45) is 0.585. The van der Waals surface area contributed by atoms with E-state index >= 15 is 0 Å². The van der Waals surface area contributed by atoms with Gasteiger partial charge in [-0.1, -0.05) is 31.2 Å². The van der Waals surface area contributed by atoms with Gasteiger partial charge in [-0.3, -0.25) is 4.79 Å². The summed E-state index contributed by atoms with van der Waals surface area (Å²) in [7, 11) is 0. The Morgan fingerprint density at radius 3 is 2.60 bits per heavy atom. The number of carboxylic acids is 1. The van der Waals surface area contributed by atoms with Gasteiger partial charge in [-0.15, -0.1) is 0 Å². The van der Waals surface area contributed by atoms with Crippen molar-refractivity contribution in [2.24, 2.45) is 0 Å². The van der Waals surface area contributed by atoms with Gasteiger partial charge in [0, 0.05) is 12.2 Å². The van der Waals surface area contributed by atoms with Crippen molar-refractivity contribution in [3.63, 3.8) is 0 Å². The quantitative estimate of drug-likeness (QED) is 0.845. The third-order valence-electron chi connectivity index (χ3n) is 4.04. The summed E-state index contributed by atoms with van der Waals surface area (Å²) in [5.74, 6) is -0.530. The number of anilines is 1. The molecule has 0 fully saturated rings. The van der Waals surface area contributed by atoms with E-state index in [4.69, 9.17) is 9.84 Å². The van der Waals surface area contributed by atoms with Crippen LogP contribution in [0.1, 0.15) is 35.4 Å². The maximum absolute atomic E-state index is 12.8. The smallest absolute Gasteiger partial charge is 0.341 e. The molecule has 1 amide bonds. The normalized spacial score (nSPS) is 16.1. The molecule has 0 aromatic heterocycles. The maximum atomic E-state index is 12.8. The van der Waals surface area contributed by atoms with Gasteiger partial charge >= 0.3 is 5.97 Å². The molecule has 0 saturated heterocycles. The van der Waals surface area contributed by atoms with Crippen LogP contribution < -0.4 is 10.1 Å². The zero-order valence-electron chi connectivity index (χ0n) is 13.9. The molecule has 0 unspecified atom stereocenters. The third-order valence-corrected chi connectivity index (χ3v) is 4.04. The summed E-state index contributed by atoms with van der Waals surface area (Å²) in [5.41, 5.74) is 2.41. The van der Waals surface area contributed by atoms with Crippen molar-refractivity contribution in [2.45, 2.75) is 19.5 Å². The van der Waals surface area contributed by atoms with E-state index in [1.165, 1.54) is 0 Å². The van der Waals surface area contributed by atoms with Gasteiger partial charge in [0.25, 0.3) is 5.91 Å². The van der Waals surface area contributed by atoms with Gasteiger partial charge in [-0.2, -0.15) is 0 Å². The fraction of sp³-hybridized carbons (Fsp3) is 0.263. The van der Waals surface area contributed by atoms with Crippen LogP contribution in [-0.2, 0) is 4.79 Å². The molecule has 0 radical (unpaired) electrons. The van der Waals surface area contributed by atoms with E-state index in [-0.39, 0.29) is 18.7 Å². The minimum atomic E-state index is -1.02. The Morgan fingerprint density at radius 1 is 1.20 bits per heavy atom. The Labute approximate surface area is 146 Å². The lowest BCUT2D eigenvalue weighted by Gasteiger charge is -2.38. The Morgan fingerprint density at radius 2 is 1.92 bits per heavy atom. The lowest BCUT2D eigenvalue weighted by molar-refractivity contribution is -0.139. The number of rotatable bonds is 6. The molecule has 3 rings (SSSR count). The number of hydrogen-bond acceptors (Lipinski definition) is 4. The van der Waals surface area contributed by atoms with Gasteiger partial charge in [0.2, 0.25) is 0 Å². The predicted octanol–water partition coefficient (Wildman–Crippen LogP) is 3.13. The first-order valence-electron chi connectivity index (χ1n) is 8.21. The van der Waals surface area contributed by atoms with Crippen molar-refractivity contribution >= 4 is 17.6 Å². The number of hydrogen-bond donors (Lipinski definition) is 2. The van der Waals surface area contributed by atoms with Gasteiger partial charge in [-0.25, -0.2) is 4.79 Å². The number of carbonyl (C=O) groups excluding carboxylic acids is 1. The number of nitrogens with one attached hydrogen (secondary N) is 1. The van der Waals surface area contributed by atoms with Gasteiger partial charge in [-0.05, 0) is 36.2 Å². The average Bonchev–Trinajstić information content (AvgIpc) is 2.63. The van der Waals surface area contributed by atoms with Crippen LogP contribution in [0.2, 0.25) is 0 Å². The molecule has 2 aromatic carbocycles. The van der Waals surface area contributed by atoms with Crippen LogP contribution in [0.25, 0.3) is 0 Å². The maximum Gasteiger partial charge on any atom is 0.341 e. The Balaban J connectivity index is 1.86. The SMILES string of the molecule is CCCN1C(=O)c2ccccc2N[C@H]1c1ccc(OCC(=O)O)cc1. The highest BCUT2D eigenvalue weighted by Gasteiger charge is 2.32. The molecule has 2 N–H and O–H groups in total. The van der Waals surface area contributed by atoms with Gasteiger partial charge in [0.1, 0.15) is 11.9 Å². The van der Waals surface area contributed by atoms with Crippen molar-refractivity contribution in [2.75, 3.05) is 18.5 Å². The molecule has 0 spiro atoms. The lowest BCUT2D eigenvalue weighted by atomic mass is 10.0. The summed E-state index contributed by atoms with van der Waals surface area (Å²) >= 11 is 0. The molecule has 1 atom stereocenters. The second-order valence-electron chi connectivity index (χ2n) is 5.84. The van der Waals surface area contributed by atoms with E-state index in [1.54, 1.807) is 12.1 Å². The second kappa shape index (κ2) is 7.25. The number of benzene rings is 2. The topological polar surface area (TPSA) is 78.9 Å². The molecule has 6 nitrogen and oxygen atoms in total. The van der Waals surface area contributed by atoms with Crippen LogP contribution in [0.4, 0.5) is 5.69 Å². The number of carbonyl (C=O) groups is 2. The first kappa shape index (κ1) is 16.8. The predicted molar refractivity (Wildman–Crippen MR) is 93.7 cm³/mol. The van der Waals surface area contributed by atoms with E-state index in [0.29, 0.717) is 17.9 Å². The minimum Gasteiger partial charge on any atom is -0.482 e. The highest BCUT2D eigenvalue weighted by Crippen LogP contribution is 2.33. The molecule has 1 aliphatic heterocycles. The second-order valence-corrected chi connectivity index (χ2v) is 5.84. The number of amides is 1. The van der Waals surface area contributed by atoms with E-state index in [1.807, 2.05) is 48.2 Å². The number of ether oxygens (including phenoxy) is 1. The third kappa shape index (κ3) is 3.57. The molecule has 25 heavy (non-hydrogen) atoms. The van der Waals surface area contributed by atoms with Crippen molar-refractivity contribution in [3.8, 4) is 5.75 Å². The number of aliphatic carboxylic acids is 1. The molecule has 1 heterocycles. The number of carboxylic acid groups (broad SMARTS) is 1. The summed E-state index contributed by atoms with van der Waals surface area (Å²) in [5, 5.41) is 12.1. The van der Waals surface area contributed by atoms with E-state index < -0.39 is 5.97 Å². The first-order chi connectivity index (χ1) is 12.1. The van der Waals surface area contributed by atoms with Crippen molar-refractivity contribution in [1.29, 1.82) is 0 Å². The van der Waals surface area contributed by atoms with E-state index in [9.17, 15) is 9.59 Å². The van der Waals surface area contributed by atoms with E-state index in [2.05, 4.69) is 5.32 Å². The van der Waals surface area contributed by atoms with Crippen LogP contribution in [0, 0.1) is 0 Å². The summed E-state index contributed by atoms with van der Waals surface area (Å²) < 4.78 is 5.16. The molecular formula is C19H20N2O4. The summed E-state index contributed by atoms with van der Waals surface area (Å²) in [6.45, 7) is 2.30. The molecule has 0 saturated carbocycles. The highest BCUT2D eigenvalue weighted by atomic mass is 16.5. The Hall–Kier alpha value is -3.02. The Bertz CT molecular complexity index is 773. The zero-order chi connectivity index (χ0) is 17.8. The van der Waals surface area contributed by atoms with Gasteiger partial charge in [0.05, 0.1) is 5.56 Å². The fourth-order valence-corrected chi connectivity index (χ4v) is 2.92. The van der Waals surface area contributed by atoms with Crippen LogP contribution in [0.5, 0.6) is 5.75 Å². The molecule has 1 aliphatic rings. The molecule has 0 bridgehead atoms. The van der Waals surface area contributed by atoms with Crippen LogP contribution in [0.3, 0.4) is 0 Å². The standard InChI is InChI=1S/C19H20N2O4/c1-2-11-21-18(20-16-6-4-3-5-15(16)19(21)24)13-7-9-14(10-8-13)25-12-17(22)23/h3-10,18,20H,2,11-12H2,1H3,(H,22,23)/t18-/m1/s1. The zero-order valence-corrected chi connectivity index (χ0v) is 13.9. The molecular weight excluding hydrogens is 320 g/mol. The van der Waals surface area contributed by atoms with Crippen LogP contribution >= 0.6 is 0 Å². The number of para-hydroxylation sites is 1. The summed E-state index contributed by atoms with van der Waals surface area (Å²) in [4.78, 5) is 25.2. The summed E-state index contributed by atoms with van der Waals surface area (Å²) in [6, 6.07) is 14.6. The largest absolute Gasteiger partial charge is 0.482 e. The van der Waals surface area contributed by atoms with Gasteiger partial charge < -0.3 is 20.1 Å².